The number of benzene rings is 4. The van der Waals surface area contributed by atoms with Crippen LogP contribution in [0.25, 0.3) is 22.3 Å². The molecule has 6 rings (SSSR count). The van der Waals surface area contributed by atoms with Gasteiger partial charge in [-0.25, -0.2) is 17.6 Å². The number of ether oxygens (including phenoxy) is 1. The Hall–Kier alpha value is -3.44. The molecule has 0 spiro atoms. The van der Waals surface area contributed by atoms with Gasteiger partial charge in [-0.05, 0) is 107 Å². The van der Waals surface area contributed by atoms with Crippen molar-refractivity contribution in [1.29, 1.82) is 0 Å². The summed E-state index contributed by atoms with van der Waals surface area (Å²) in [6, 6.07) is 24.7. The van der Waals surface area contributed by atoms with Gasteiger partial charge in [0.1, 0.15) is 0 Å². The molecule has 0 saturated heterocycles. The SMILES string of the molecule is CCCCC[C@H]1CC[C@H](C(OC(c2ccc(-c3ccc(F)c(F)c3)cc2)[C@H]2CC[C@H](CCCCC)CC2)c2ccc(-c3ccc(F)c(F)c3)cc2)CC1. The van der Waals surface area contributed by atoms with Gasteiger partial charge in [0.2, 0.25) is 0 Å². The van der Waals surface area contributed by atoms with Gasteiger partial charge in [-0.2, -0.15) is 0 Å². The van der Waals surface area contributed by atoms with Gasteiger partial charge >= 0.3 is 0 Å². The summed E-state index contributed by atoms with van der Waals surface area (Å²) in [5.74, 6) is -1.08. The molecule has 2 fully saturated rings. The predicted octanol–water partition coefficient (Wildman–Crippen LogP) is 15.1. The van der Waals surface area contributed by atoms with Crippen LogP contribution in [-0.2, 0) is 4.74 Å². The van der Waals surface area contributed by atoms with E-state index in [1.165, 1.54) is 101 Å². The molecule has 0 heterocycles. The molecule has 2 aliphatic rings. The molecule has 2 saturated carbocycles. The molecule has 0 aliphatic heterocycles. The largest absolute Gasteiger partial charge is 0.365 e. The van der Waals surface area contributed by atoms with Gasteiger partial charge in [0.15, 0.2) is 23.3 Å². The maximum Gasteiger partial charge on any atom is 0.159 e. The summed E-state index contributed by atoms with van der Waals surface area (Å²) in [6.07, 6.45) is 19.5. The summed E-state index contributed by atoms with van der Waals surface area (Å²) >= 11 is 0. The fourth-order valence-electron chi connectivity index (χ4n) is 9.09. The molecule has 0 bridgehead atoms. The summed E-state index contributed by atoms with van der Waals surface area (Å²) < 4.78 is 63.3. The molecule has 0 radical (unpaired) electrons. The molecule has 1 nitrogen and oxygen atoms in total. The van der Waals surface area contributed by atoms with E-state index in [9.17, 15) is 17.6 Å². The van der Waals surface area contributed by atoms with Crippen molar-refractivity contribution in [3.63, 3.8) is 0 Å². The van der Waals surface area contributed by atoms with E-state index in [4.69, 9.17) is 4.74 Å². The minimum absolute atomic E-state index is 0.108. The first-order valence-electron chi connectivity index (χ1n) is 20.6. The van der Waals surface area contributed by atoms with Crippen LogP contribution in [0.2, 0.25) is 0 Å². The van der Waals surface area contributed by atoms with Crippen LogP contribution < -0.4 is 0 Å². The number of hydrogen-bond donors (Lipinski definition) is 0. The van der Waals surface area contributed by atoms with Crippen molar-refractivity contribution in [1.82, 2.24) is 0 Å². The fourth-order valence-corrected chi connectivity index (χ4v) is 9.09. The lowest BCUT2D eigenvalue weighted by atomic mass is 9.74. The highest BCUT2D eigenvalue weighted by atomic mass is 19.2. The highest BCUT2D eigenvalue weighted by Gasteiger charge is 2.36. The Balaban J connectivity index is 1.29. The molecular weight excluding hydrogens is 669 g/mol. The normalized spacial score (nSPS) is 21.7. The summed E-state index contributed by atoms with van der Waals surface area (Å²) in [5.41, 5.74) is 5.24. The number of unbranched alkanes of at least 4 members (excludes halogenated alkanes) is 4. The van der Waals surface area contributed by atoms with Crippen LogP contribution in [0.5, 0.6) is 0 Å². The quantitative estimate of drug-likeness (QED) is 0.0825. The minimum atomic E-state index is -0.845. The lowest BCUT2D eigenvalue weighted by molar-refractivity contribution is -0.0907. The average Bonchev–Trinajstić information content (AvgIpc) is 3.19. The van der Waals surface area contributed by atoms with E-state index in [0.717, 1.165) is 59.8 Å². The zero-order chi connectivity index (χ0) is 37.2. The topological polar surface area (TPSA) is 9.23 Å². The van der Waals surface area contributed by atoms with Crippen LogP contribution in [0, 0.1) is 46.9 Å². The van der Waals surface area contributed by atoms with Crippen LogP contribution in [0.1, 0.15) is 140 Å². The Morgan fingerprint density at radius 3 is 1.15 bits per heavy atom. The van der Waals surface area contributed by atoms with Crippen molar-refractivity contribution in [3.05, 3.63) is 119 Å². The van der Waals surface area contributed by atoms with Gasteiger partial charge in [-0.15, -0.1) is 0 Å². The Morgan fingerprint density at radius 2 is 0.811 bits per heavy atom. The van der Waals surface area contributed by atoms with Crippen LogP contribution in [0.15, 0.2) is 84.9 Å². The average molecular weight is 727 g/mol. The van der Waals surface area contributed by atoms with E-state index >= 15 is 0 Å². The molecule has 53 heavy (non-hydrogen) atoms. The second-order valence-corrected chi connectivity index (χ2v) is 16.0. The molecular formula is C48H58F4O. The van der Waals surface area contributed by atoms with E-state index < -0.39 is 23.3 Å². The summed E-state index contributed by atoms with van der Waals surface area (Å²) in [4.78, 5) is 0. The fraction of sp³-hybridized carbons (Fsp3) is 0.500. The maximum atomic E-state index is 14.2. The second kappa shape index (κ2) is 19.2. The highest BCUT2D eigenvalue weighted by molar-refractivity contribution is 5.64. The molecule has 2 atom stereocenters. The zero-order valence-corrected chi connectivity index (χ0v) is 31.8. The number of halogens is 4. The molecule has 5 heteroatoms. The lowest BCUT2D eigenvalue weighted by Crippen LogP contribution is -2.28. The first kappa shape index (κ1) is 39.3. The van der Waals surface area contributed by atoms with Crippen molar-refractivity contribution in [2.45, 2.75) is 129 Å². The molecule has 4 aromatic carbocycles. The summed E-state index contributed by atoms with van der Waals surface area (Å²) in [6.45, 7) is 4.53. The van der Waals surface area contributed by atoms with Crippen molar-refractivity contribution in [2.75, 3.05) is 0 Å². The van der Waals surface area contributed by atoms with Gasteiger partial charge in [-0.1, -0.05) is 152 Å². The lowest BCUT2D eigenvalue weighted by Gasteiger charge is -2.40. The van der Waals surface area contributed by atoms with Crippen LogP contribution >= 0.6 is 0 Å². The number of rotatable bonds is 16. The minimum Gasteiger partial charge on any atom is -0.365 e. The van der Waals surface area contributed by atoms with Crippen LogP contribution in [0.4, 0.5) is 17.6 Å². The van der Waals surface area contributed by atoms with Gasteiger partial charge in [0, 0.05) is 0 Å². The monoisotopic (exact) mass is 726 g/mol. The second-order valence-electron chi connectivity index (χ2n) is 16.0. The molecule has 4 aromatic rings. The van der Waals surface area contributed by atoms with Crippen molar-refractivity contribution in [2.24, 2.45) is 23.7 Å². The van der Waals surface area contributed by atoms with Crippen molar-refractivity contribution in [3.8, 4) is 22.3 Å². The summed E-state index contributed by atoms with van der Waals surface area (Å²) in [7, 11) is 0. The first-order chi connectivity index (χ1) is 25.8. The third kappa shape index (κ3) is 10.4. The Bertz CT molecular complexity index is 1570. The van der Waals surface area contributed by atoms with Crippen molar-refractivity contribution >= 4 is 0 Å². The third-order valence-corrected chi connectivity index (χ3v) is 12.3. The smallest absolute Gasteiger partial charge is 0.159 e. The highest BCUT2D eigenvalue weighted by Crippen LogP contribution is 2.47. The molecule has 2 unspecified atom stereocenters. The Kier molecular flexibility index (Phi) is 14.3. The third-order valence-electron chi connectivity index (χ3n) is 12.3. The van der Waals surface area contributed by atoms with E-state index in [2.05, 4.69) is 38.1 Å². The molecule has 0 aromatic heterocycles. The molecule has 0 amide bonds. The van der Waals surface area contributed by atoms with E-state index in [1.54, 1.807) is 12.1 Å². The van der Waals surface area contributed by atoms with Crippen molar-refractivity contribution < 1.29 is 22.3 Å². The molecule has 2 aliphatic carbocycles. The van der Waals surface area contributed by atoms with E-state index in [-0.39, 0.29) is 12.2 Å². The van der Waals surface area contributed by atoms with Gasteiger partial charge in [-0.3, -0.25) is 0 Å². The number of hydrogen-bond acceptors (Lipinski definition) is 1. The van der Waals surface area contributed by atoms with Gasteiger partial charge < -0.3 is 4.74 Å². The Labute approximate surface area is 315 Å². The molecule has 0 N–H and O–H groups in total. The summed E-state index contributed by atoms with van der Waals surface area (Å²) in [5, 5.41) is 0. The van der Waals surface area contributed by atoms with E-state index in [1.807, 2.05) is 24.3 Å². The predicted molar refractivity (Wildman–Crippen MR) is 209 cm³/mol. The zero-order valence-electron chi connectivity index (χ0n) is 31.8. The first-order valence-corrected chi connectivity index (χ1v) is 20.6. The van der Waals surface area contributed by atoms with Gasteiger partial charge in [0.25, 0.3) is 0 Å². The van der Waals surface area contributed by atoms with Gasteiger partial charge in [0.05, 0.1) is 12.2 Å². The molecule has 284 valence electrons. The maximum absolute atomic E-state index is 14.2. The Morgan fingerprint density at radius 1 is 0.453 bits per heavy atom. The standard InChI is InChI=1S/C48H58F4O/c1-3-5-7-9-33-11-15-37(16-12-33)47(39-23-19-35(20-24-39)41-27-29-43(49)45(51)31-41)53-48(38-17-13-34(14-18-38)10-8-6-4-2)40-25-21-36(22-26-40)42-28-30-44(50)46(52)32-42/h19-34,37-38,47-48H,3-18H2,1-2H3/t33-,34-,37-,38-,47?,48?. The van der Waals surface area contributed by atoms with Crippen LogP contribution in [0.3, 0.4) is 0 Å². The van der Waals surface area contributed by atoms with E-state index in [0.29, 0.717) is 23.0 Å². The van der Waals surface area contributed by atoms with Crippen LogP contribution in [-0.4, -0.2) is 0 Å².